The number of fused-ring (bicyclic) bond motifs is 3. The molecule has 0 radical (unpaired) electrons. The number of anilines is 1. The van der Waals surface area contributed by atoms with Crippen LogP contribution in [0.5, 0.6) is 11.5 Å². The average Bonchev–Trinajstić information content (AvgIpc) is 3.87. The van der Waals surface area contributed by atoms with Gasteiger partial charge in [0, 0.05) is 12.1 Å². The molecular formula is C40H38N6O8S. The average molecular weight is 763 g/mol. The second-order valence-corrected chi connectivity index (χ2v) is 15.4. The van der Waals surface area contributed by atoms with Crippen molar-refractivity contribution in [2.75, 3.05) is 38.9 Å². The highest BCUT2D eigenvalue weighted by atomic mass is 32.2. The van der Waals surface area contributed by atoms with Crippen molar-refractivity contribution < 1.29 is 37.3 Å². The molecule has 0 aliphatic carbocycles. The number of carbonyl (C=O) groups excluding carboxylic acids is 1. The van der Waals surface area contributed by atoms with Gasteiger partial charge in [-0.3, -0.25) is 9.36 Å². The fourth-order valence-electron chi connectivity index (χ4n) is 7.58. The number of carbonyl (C=O) groups is 1. The fraction of sp³-hybridized carbons (Fsp3) is 0.250. The summed E-state index contributed by atoms with van der Waals surface area (Å²) in [6, 6.07) is 32.2. The van der Waals surface area contributed by atoms with Crippen molar-refractivity contribution in [1.29, 1.82) is 0 Å². The number of aliphatic hydroxyl groups is 1. The third kappa shape index (κ3) is 6.29. The first-order chi connectivity index (χ1) is 26.6. The van der Waals surface area contributed by atoms with Crippen LogP contribution in [-0.2, 0) is 25.1 Å². The molecule has 0 spiro atoms. The lowest BCUT2D eigenvalue weighted by Gasteiger charge is -2.41. The summed E-state index contributed by atoms with van der Waals surface area (Å²) in [5.41, 5.74) is 0.422. The molecule has 2 fully saturated rings. The lowest BCUT2D eigenvalue weighted by molar-refractivity contribution is -0.169. The number of rotatable bonds is 12. The molecule has 4 aromatic carbocycles. The molecule has 6 aromatic rings. The van der Waals surface area contributed by atoms with Crippen molar-refractivity contribution in [1.82, 2.24) is 23.8 Å². The van der Waals surface area contributed by atoms with Gasteiger partial charge in [-0.25, -0.2) is 23.4 Å². The van der Waals surface area contributed by atoms with E-state index in [1.807, 2.05) is 84.9 Å². The molecule has 2 N–H and O–H groups in total. The third-order valence-electron chi connectivity index (χ3n) is 10.3. The number of sulfonamides is 1. The first-order valence-corrected chi connectivity index (χ1v) is 19.3. The second-order valence-electron chi connectivity index (χ2n) is 13.5. The zero-order valence-corrected chi connectivity index (χ0v) is 31.0. The Morgan fingerprint density at radius 1 is 0.873 bits per heavy atom. The third-order valence-corrected chi connectivity index (χ3v) is 11.5. The van der Waals surface area contributed by atoms with Gasteiger partial charge in [0.1, 0.15) is 35.1 Å². The predicted octanol–water partition coefficient (Wildman–Crippen LogP) is 4.38. The Morgan fingerprint density at radius 3 is 2.04 bits per heavy atom. The molecule has 1 amide bonds. The highest BCUT2D eigenvalue weighted by molar-refractivity contribution is 7.88. The van der Waals surface area contributed by atoms with E-state index >= 15 is 0 Å². The molecule has 15 heteroatoms. The van der Waals surface area contributed by atoms with Crippen LogP contribution in [0.2, 0.25) is 0 Å². The molecule has 0 saturated carbocycles. The molecule has 14 nitrogen and oxygen atoms in total. The van der Waals surface area contributed by atoms with Crippen LogP contribution >= 0.6 is 0 Å². The lowest BCUT2D eigenvalue weighted by Crippen LogP contribution is -2.51. The number of hydrogen-bond acceptors (Lipinski definition) is 11. The minimum atomic E-state index is -3.88. The standard InChI is InChI=1S/C40H38N6O8S/c1-51-30-18-14-28(15-19-30)40(27-12-8-5-9-13-27,29-16-20-31(52-2)21-17-29)53-23-39-22-46(55(3,49)50)33(34(39)47)38(54-39)45-25-43-32-35(41-24-42-36(32)45)44-37(48)26-10-6-4-7-11-26/h4-21,24-25,33-34,38,47H,22-23H2,1-3H3,(H,41,42,44,48)/t33-,34+,38-,39-/m1/s1. The van der Waals surface area contributed by atoms with E-state index in [4.69, 9.17) is 18.9 Å². The van der Waals surface area contributed by atoms with Crippen LogP contribution in [-0.4, -0.2) is 94.6 Å². The van der Waals surface area contributed by atoms with Crippen molar-refractivity contribution in [3.63, 3.8) is 0 Å². The van der Waals surface area contributed by atoms with Gasteiger partial charge >= 0.3 is 0 Å². The van der Waals surface area contributed by atoms with Gasteiger partial charge in [0.05, 0.1) is 39.5 Å². The summed E-state index contributed by atoms with van der Waals surface area (Å²) in [5.74, 6) is 1.07. The number of nitrogens with zero attached hydrogens (tertiary/aromatic N) is 5. The molecular weight excluding hydrogens is 725 g/mol. The summed E-state index contributed by atoms with van der Waals surface area (Å²) in [7, 11) is -0.691. The number of morpholine rings is 1. The van der Waals surface area contributed by atoms with Crippen molar-refractivity contribution in [3.05, 3.63) is 144 Å². The SMILES string of the molecule is COc1ccc(C(OC[C@@]23CN(S(C)(=O)=O)[C@@H]([C@H](n4cnc5c(NC(=O)c6ccccc6)ncnc54)O2)[C@@H]3O)(c2ccccc2)c2ccc(OC)cc2)cc1. The van der Waals surface area contributed by atoms with E-state index in [0.29, 0.717) is 17.1 Å². The summed E-state index contributed by atoms with van der Waals surface area (Å²) >= 11 is 0. The number of imidazole rings is 1. The minimum Gasteiger partial charge on any atom is -0.497 e. The van der Waals surface area contributed by atoms with Crippen molar-refractivity contribution in [3.8, 4) is 11.5 Å². The smallest absolute Gasteiger partial charge is 0.256 e. The highest BCUT2D eigenvalue weighted by Gasteiger charge is 2.67. The van der Waals surface area contributed by atoms with Gasteiger partial charge in [0.25, 0.3) is 5.91 Å². The number of aliphatic hydroxyl groups excluding tert-OH is 1. The molecule has 2 bridgehead atoms. The maximum atomic E-state index is 13.4. The largest absolute Gasteiger partial charge is 0.497 e. The number of hydrogen-bond donors (Lipinski definition) is 2. The zero-order valence-electron chi connectivity index (χ0n) is 30.1. The van der Waals surface area contributed by atoms with Gasteiger partial charge < -0.3 is 29.4 Å². The van der Waals surface area contributed by atoms with Crippen LogP contribution in [0, 0.1) is 0 Å². The van der Waals surface area contributed by atoms with Crippen LogP contribution in [0.15, 0.2) is 122 Å². The van der Waals surface area contributed by atoms with Gasteiger partial charge in [-0.15, -0.1) is 0 Å². The molecule has 282 valence electrons. The summed E-state index contributed by atoms with van der Waals surface area (Å²) < 4.78 is 54.4. The van der Waals surface area contributed by atoms with Crippen LogP contribution in [0.25, 0.3) is 11.2 Å². The molecule has 4 heterocycles. The molecule has 55 heavy (non-hydrogen) atoms. The quantitative estimate of drug-likeness (QED) is 0.170. The minimum absolute atomic E-state index is 0.158. The number of amides is 1. The number of methoxy groups -OCH3 is 2. The van der Waals surface area contributed by atoms with Crippen molar-refractivity contribution in [2.24, 2.45) is 0 Å². The Balaban J connectivity index is 1.20. The number of benzene rings is 4. The van der Waals surface area contributed by atoms with Crippen molar-refractivity contribution in [2.45, 2.75) is 29.6 Å². The van der Waals surface area contributed by atoms with Gasteiger partial charge in [-0.1, -0.05) is 72.8 Å². The van der Waals surface area contributed by atoms with Crippen LogP contribution < -0.4 is 14.8 Å². The van der Waals surface area contributed by atoms with E-state index in [2.05, 4.69) is 20.3 Å². The van der Waals surface area contributed by atoms with Crippen molar-refractivity contribution >= 4 is 32.9 Å². The fourth-order valence-corrected chi connectivity index (χ4v) is 8.69. The molecule has 4 atom stereocenters. The second kappa shape index (κ2) is 14.2. The Kier molecular flexibility index (Phi) is 9.35. The highest BCUT2D eigenvalue weighted by Crippen LogP contribution is 2.51. The summed E-state index contributed by atoms with van der Waals surface area (Å²) in [5, 5.41) is 14.9. The first-order valence-electron chi connectivity index (χ1n) is 17.4. The van der Waals surface area contributed by atoms with Gasteiger partial charge in [0.15, 0.2) is 23.2 Å². The molecule has 0 unspecified atom stereocenters. The first kappa shape index (κ1) is 36.3. The van der Waals surface area contributed by atoms with E-state index in [9.17, 15) is 18.3 Å². The molecule has 8 rings (SSSR count). The van der Waals surface area contributed by atoms with E-state index < -0.39 is 45.5 Å². The predicted molar refractivity (Wildman–Crippen MR) is 202 cm³/mol. The summed E-state index contributed by atoms with van der Waals surface area (Å²) in [4.78, 5) is 26.2. The number of aromatic nitrogens is 4. The maximum Gasteiger partial charge on any atom is 0.256 e. The Hall–Kier alpha value is -5.71. The summed E-state index contributed by atoms with van der Waals surface area (Å²) in [6.07, 6.45) is 1.40. The Morgan fingerprint density at radius 2 is 1.45 bits per heavy atom. The molecule has 2 aromatic heterocycles. The Bertz CT molecular complexity index is 2380. The van der Waals surface area contributed by atoms with Crippen LogP contribution in [0.1, 0.15) is 33.3 Å². The maximum absolute atomic E-state index is 13.4. The molecule has 2 saturated heterocycles. The van der Waals surface area contributed by atoms with E-state index in [1.54, 1.807) is 43.1 Å². The summed E-state index contributed by atoms with van der Waals surface area (Å²) in [6.45, 7) is -0.412. The Labute approximate surface area is 317 Å². The van der Waals surface area contributed by atoms with Crippen LogP contribution in [0.4, 0.5) is 5.82 Å². The molecule has 2 aliphatic heterocycles. The van der Waals surface area contributed by atoms with E-state index in [-0.39, 0.29) is 30.1 Å². The van der Waals surface area contributed by atoms with Gasteiger partial charge in [0.2, 0.25) is 10.0 Å². The van der Waals surface area contributed by atoms with Gasteiger partial charge in [-0.2, -0.15) is 4.31 Å². The monoisotopic (exact) mass is 762 g/mol. The van der Waals surface area contributed by atoms with E-state index in [0.717, 1.165) is 22.9 Å². The van der Waals surface area contributed by atoms with E-state index in [1.165, 1.54) is 17.0 Å². The normalized spacial score (nSPS) is 21.1. The lowest BCUT2D eigenvalue weighted by atomic mass is 9.79. The number of nitrogens with one attached hydrogen (secondary N) is 1. The zero-order chi connectivity index (χ0) is 38.4. The molecule has 2 aliphatic rings. The topological polar surface area (TPSA) is 167 Å². The van der Waals surface area contributed by atoms with Crippen LogP contribution in [0.3, 0.4) is 0 Å². The number of ether oxygens (including phenoxy) is 4. The van der Waals surface area contributed by atoms with Gasteiger partial charge in [-0.05, 0) is 53.1 Å².